The molecule has 1 fully saturated rings. The second-order valence-electron chi connectivity index (χ2n) is 6.82. The summed E-state index contributed by atoms with van der Waals surface area (Å²) in [5, 5.41) is 9.48. The molecule has 1 aromatic carbocycles. The van der Waals surface area contributed by atoms with Gasteiger partial charge in [0.1, 0.15) is 5.75 Å². The van der Waals surface area contributed by atoms with Crippen molar-refractivity contribution < 1.29 is 9.53 Å². The van der Waals surface area contributed by atoms with Gasteiger partial charge < -0.3 is 20.7 Å². The predicted molar refractivity (Wildman–Crippen MR) is 121 cm³/mol. The van der Waals surface area contributed by atoms with E-state index < -0.39 is 0 Å². The highest BCUT2D eigenvalue weighted by molar-refractivity contribution is 14.0. The number of methoxy groups -OCH3 is 1. The molecule has 2 rings (SSSR count). The van der Waals surface area contributed by atoms with Crippen molar-refractivity contribution >= 4 is 35.8 Å². The molecule has 27 heavy (non-hydrogen) atoms. The summed E-state index contributed by atoms with van der Waals surface area (Å²) in [5.41, 5.74) is 1.00. The minimum Gasteiger partial charge on any atom is -0.497 e. The molecule has 0 bridgehead atoms. The number of hydrogen-bond acceptors (Lipinski definition) is 3. The van der Waals surface area contributed by atoms with Crippen LogP contribution >= 0.6 is 24.0 Å². The Kier molecular flexibility index (Phi) is 10.5. The molecule has 3 N–H and O–H groups in total. The van der Waals surface area contributed by atoms with Crippen molar-refractivity contribution in [2.45, 2.75) is 39.5 Å². The smallest absolute Gasteiger partial charge is 0.251 e. The van der Waals surface area contributed by atoms with Gasteiger partial charge in [0.05, 0.1) is 7.11 Å². The quantitative estimate of drug-likeness (QED) is 0.216. The van der Waals surface area contributed by atoms with Crippen LogP contribution in [0.15, 0.2) is 29.3 Å². The van der Waals surface area contributed by atoms with Gasteiger partial charge in [-0.2, -0.15) is 0 Å². The molecular weight excluding hydrogens is 455 g/mol. The predicted octanol–water partition coefficient (Wildman–Crippen LogP) is 3.18. The third-order valence-electron chi connectivity index (χ3n) is 5.12. The monoisotopic (exact) mass is 488 g/mol. The van der Waals surface area contributed by atoms with Crippen LogP contribution in [-0.4, -0.2) is 45.2 Å². The molecule has 0 saturated heterocycles. The highest BCUT2D eigenvalue weighted by Gasteiger charge is 2.34. The fourth-order valence-corrected chi connectivity index (χ4v) is 3.11. The number of rotatable bonds is 9. The van der Waals surface area contributed by atoms with E-state index in [1.165, 1.54) is 25.7 Å². The van der Waals surface area contributed by atoms with Crippen LogP contribution in [0.25, 0.3) is 0 Å². The van der Waals surface area contributed by atoms with Gasteiger partial charge in [0.2, 0.25) is 0 Å². The van der Waals surface area contributed by atoms with Crippen LogP contribution in [0.5, 0.6) is 5.75 Å². The number of aliphatic imine (C=N–C) groups is 1. The van der Waals surface area contributed by atoms with E-state index >= 15 is 0 Å². The lowest BCUT2D eigenvalue weighted by Gasteiger charge is -2.40. The van der Waals surface area contributed by atoms with Crippen molar-refractivity contribution in [2.75, 3.05) is 33.3 Å². The van der Waals surface area contributed by atoms with Crippen LogP contribution in [0.2, 0.25) is 0 Å². The summed E-state index contributed by atoms with van der Waals surface area (Å²) in [7, 11) is 1.59. The molecule has 1 aromatic rings. The van der Waals surface area contributed by atoms with Gasteiger partial charge in [0.25, 0.3) is 5.91 Å². The average Bonchev–Trinajstić information content (AvgIpc) is 2.64. The van der Waals surface area contributed by atoms with E-state index in [-0.39, 0.29) is 29.9 Å². The summed E-state index contributed by atoms with van der Waals surface area (Å²) in [5.74, 6) is 1.40. The third kappa shape index (κ3) is 7.20. The Morgan fingerprint density at radius 1 is 1.19 bits per heavy atom. The van der Waals surface area contributed by atoms with E-state index in [4.69, 9.17) is 9.73 Å². The molecule has 1 aliphatic carbocycles. The van der Waals surface area contributed by atoms with E-state index in [0.717, 1.165) is 19.0 Å². The summed E-state index contributed by atoms with van der Waals surface area (Å²) in [4.78, 5) is 16.9. The Balaban J connectivity index is 0.00000364. The first-order valence-electron chi connectivity index (χ1n) is 9.57. The van der Waals surface area contributed by atoms with Crippen LogP contribution < -0.4 is 20.7 Å². The van der Waals surface area contributed by atoms with Gasteiger partial charge in [-0.15, -0.1) is 24.0 Å². The van der Waals surface area contributed by atoms with E-state index in [0.29, 0.717) is 29.8 Å². The van der Waals surface area contributed by atoms with Gasteiger partial charge in [-0.1, -0.05) is 19.4 Å². The second-order valence-corrected chi connectivity index (χ2v) is 6.82. The maximum atomic E-state index is 12.2. The maximum Gasteiger partial charge on any atom is 0.251 e. The highest BCUT2D eigenvalue weighted by Crippen LogP contribution is 2.43. The lowest BCUT2D eigenvalue weighted by atomic mass is 9.67. The molecule has 1 aliphatic rings. The normalized spacial score (nSPS) is 15.1. The molecular formula is C20H33IN4O2. The molecule has 6 nitrogen and oxygen atoms in total. The largest absolute Gasteiger partial charge is 0.497 e. The molecule has 0 aromatic heterocycles. The SMILES string of the molecule is CCNC(=NCC1(CC)CCC1)NCCNC(=O)c1cccc(OC)c1.I. The Hall–Kier alpha value is -1.51. The summed E-state index contributed by atoms with van der Waals surface area (Å²) >= 11 is 0. The number of carbonyl (C=O) groups excluding carboxylic acids is 1. The minimum atomic E-state index is -0.105. The maximum absolute atomic E-state index is 12.2. The van der Waals surface area contributed by atoms with Crippen molar-refractivity contribution in [2.24, 2.45) is 10.4 Å². The molecule has 0 unspecified atom stereocenters. The van der Waals surface area contributed by atoms with Crippen LogP contribution in [0.4, 0.5) is 0 Å². The zero-order valence-corrected chi connectivity index (χ0v) is 19.0. The Morgan fingerprint density at radius 3 is 2.52 bits per heavy atom. The number of nitrogens with zero attached hydrogens (tertiary/aromatic N) is 1. The van der Waals surface area contributed by atoms with Gasteiger partial charge in [-0.3, -0.25) is 9.79 Å². The van der Waals surface area contributed by atoms with Gasteiger partial charge in [0.15, 0.2) is 5.96 Å². The van der Waals surface area contributed by atoms with E-state index in [9.17, 15) is 4.79 Å². The van der Waals surface area contributed by atoms with E-state index in [1.807, 2.05) is 12.1 Å². The Bertz CT molecular complexity index is 612. The van der Waals surface area contributed by atoms with Gasteiger partial charge in [0, 0.05) is 31.7 Å². The second kappa shape index (κ2) is 12.0. The summed E-state index contributed by atoms with van der Waals surface area (Å²) in [6.07, 6.45) is 5.07. The lowest BCUT2D eigenvalue weighted by Crippen LogP contribution is -2.42. The molecule has 1 saturated carbocycles. The van der Waals surface area contributed by atoms with Gasteiger partial charge in [-0.05, 0) is 49.8 Å². The molecule has 0 radical (unpaired) electrons. The van der Waals surface area contributed by atoms with Crippen LogP contribution in [0.1, 0.15) is 49.9 Å². The number of benzene rings is 1. The van der Waals surface area contributed by atoms with Crippen LogP contribution in [0, 0.1) is 5.41 Å². The zero-order chi connectivity index (χ0) is 18.8. The number of nitrogens with one attached hydrogen (secondary N) is 3. The zero-order valence-electron chi connectivity index (χ0n) is 16.6. The topological polar surface area (TPSA) is 74.8 Å². The first kappa shape index (κ1) is 23.5. The number of guanidine groups is 1. The van der Waals surface area contributed by atoms with Crippen molar-refractivity contribution in [1.29, 1.82) is 0 Å². The molecule has 0 spiro atoms. The average molecular weight is 488 g/mol. The summed E-state index contributed by atoms with van der Waals surface area (Å²) < 4.78 is 5.15. The van der Waals surface area contributed by atoms with E-state index in [2.05, 4.69) is 29.8 Å². The third-order valence-corrected chi connectivity index (χ3v) is 5.12. The van der Waals surface area contributed by atoms with Crippen molar-refractivity contribution in [3.8, 4) is 5.75 Å². The number of hydrogen-bond donors (Lipinski definition) is 3. The van der Waals surface area contributed by atoms with Crippen LogP contribution in [-0.2, 0) is 0 Å². The molecule has 7 heteroatoms. The summed E-state index contributed by atoms with van der Waals surface area (Å²) in [6, 6.07) is 7.14. The molecule has 0 atom stereocenters. The standard InChI is InChI=1S/C20H32N4O2.HI/c1-4-20(10-7-11-20)15-24-19(21-5-2)23-13-12-22-18(25)16-8-6-9-17(14-16)26-3;/h6,8-9,14H,4-5,7,10-13,15H2,1-3H3,(H,22,25)(H2,21,23,24);1H. The Labute approximate surface area is 179 Å². The number of carbonyl (C=O) groups is 1. The molecule has 0 heterocycles. The number of ether oxygens (including phenoxy) is 1. The van der Waals surface area contributed by atoms with Crippen molar-refractivity contribution in [3.05, 3.63) is 29.8 Å². The molecule has 1 amide bonds. The Morgan fingerprint density at radius 2 is 1.93 bits per heavy atom. The minimum absolute atomic E-state index is 0. The summed E-state index contributed by atoms with van der Waals surface area (Å²) in [6.45, 7) is 7.15. The van der Waals surface area contributed by atoms with Crippen molar-refractivity contribution in [3.63, 3.8) is 0 Å². The van der Waals surface area contributed by atoms with Crippen LogP contribution in [0.3, 0.4) is 0 Å². The number of amides is 1. The first-order chi connectivity index (χ1) is 12.6. The van der Waals surface area contributed by atoms with Crippen molar-refractivity contribution in [1.82, 2.24) is 16.0 Å². The van der Waals surface area contributed by atoms with Gasteiger partial charge >= 0.3 is 0 Å². The molecule has 152 valence electrons. The van der Waals surface area contributed by atoms with Gasteiger partial charge in [-0.25, -0.2) is 0 Å². The highest BCUT2D eigenvalue weighted by atomic mass is 127. The fraction of sp³-hybridized carbons (Fsp3) is 0.600. The van der Waals surface area contributed by atoms with E-state index in [1.54, 1.807) is 19.2 Å². The number of halogens is 1. The first-order valence-corrected chi connectivity index (χ1v) is 9.57. The molecule has 0 aliphatic heterocycles. The lowest BCUT2D eigenvalue weighted by molar-refractivity contribution is 0.0954. The fourth-order valence-electron chi connectivity index (χ4n) is 3.11.